The zero-order valence-corrected chi connectivity index (χ0v) is 16.6. The number of fused-ring (bicyclic) bond motifs is 4. The second kappa shape index (κ2) is 7.31. The fourth-order valence-corrected chi connectivity index (χ4v) is 4.37. The number of nitrogens with zero attached hydrogens (tertiary/aromatic N) is 3. The highest BCUT2D eigenvalue weighted by Gasteiger charge is 2.45. The summed E-state index contributed by atoms with van der Waals surface area (Å²) >= 11 is 6.29. The summed E-state index contributed by atoms with van der Waals surface area (Å²) in [6.07, 6.45) is 4.38. The van der Waals surface area contributed by atoms with Gasteiger partial charge in [-0.25, -0.2) is 24.4 Å². The quantitative estimate of drug-likeness (QED) is 0.617. The van der Waals surface area contributed by atoms with E-state index in [1.807, 2.05) is 0 Å². The molecule has 3 N–H and O–H groups in total. The van der Waals surface area contributed by atoms with Crippen LogP contribution in [0.2, 0.25) is 5.02 Å². The number of nitrogens with one attached hydrogen (secondary N) is 3. The molecule has 0 radical (unpaired) electrons. The summed E-state index contributed by atoms with van der Waals surface area (Å²) in [4.78, 5) is 29.6. The Bertz CT molecular complexity index is 1170. The van der Waals surface area contributed by atoms with Crippen molar-refractivity contribution in [2.75, 3.05) is 5.32 Å². The van der Waals surface area contributed by atoms with Crippen molar-refractivity contribution in [3.8, 4) is 11.1 Å². The Kier molecular flexibility index (Phi) is 4.58. The maximum Gasteiger partial charge on any atom is 0.339 e. The van der Waals surface area contributed by atoms with Crippen LogP contribution in [-0.2, 0) is 0 Å². The molecule has 0 saturated carbocycles. The summed E-state index contributed by atoms with van der Waals surface area (Å²) in [5.74, 6) is -1.35. The van der Waals surface area contributed by atoms with E-state index in [0.717, 1.165) is 6.07 Å². The van der Waals surface area contributed by atoms with Crippen molar-refractivity contribution in [3.05, 3.63) is 59.0 Å². The monoisotopic (exact) mass is 444 g/mol. The van der Waals surface area contributed by atoms with Gasteiger partial charge in [0, 0.05) is 17.3 Å². The summed E-state index contributed by atoms with van der Waals surface area (Å²) in [7, 11) is 0. The molecule has 0 aliphatic carbocycles. The molecule has 11 heteroatoms. The van der Waals surface area contributed by atoms with Crippen molar-refractivity contribution in [1.29, 1.82) is 0 Å². The topological polar surface area (TPSA) is 98.7 Å². The van der Waals surface area contributed by atoms with Gasteiger partial charge in [-0.15, -0.1) is 0 Å². The first kappa shape index (κ1) is 19.4. The standard InChI is InChI=1S/C20H15ClF2N6O2/c21-12-7-14(13(22)6-11(12)9-1-4-17(23)24-8-9)26-20(31)29-10-2-3-16(29)18-15(5-10)25-19(30)28-27-18/h1,4-8,10,16H,2-3H2,(H,26,31)(H2,25,28,30). The predicted molar refractivity (Wildman–Crippen MR) is 109 cm³/mol. The number of hydrogen-bond donors (Lipinski definition) is 3. The van der Waals surface area contributed by atoms with Gasteiger partial charge < -0.3 is 15.5 Å². The molecule has 4 heterocycles. The molecular weight excluding hydrogens is 430 g/mol. The van der Waals surface area contributed by atoms with Crippen molar-refractivity contribution < 1.29 is 18.4 Å². The van der Waals surface area contributed by atoms with Crippen LogP contribution in [0.25, 0.3) is 11.1 Å². The highest BCUT2D eigenvalue weighted by molar-refractivity contribution is 6.33. The first-order chi connectivity index (χ1) is 14.9. The van der Waals surface area contributed by atoms with Gasteiger partial charge >= 0.3 is 12.1 Å². The normalized spacial score (nSPS) is 21.5. The number of carbonyl (C=O) groups is 2. The molecule has 0 spiro atoms. The van der Waals surface area contributed by atoms with Crippen LogP contribution in [0.15, 0.2) is 47.3 Å². The minimum atomic E-state index is -0.693. The van der Waals surface area contributed by atoms with Crippen LogP contribution in [-0.4, -0.2) is 39.7 Å². The maximum absolute atomic E-state index is 14.8. The van der Waals surface area contributed by atoms with Crippen LogP contribution < -0.4 is 16.1 Å². The molecule has 8 nitrogen and oxygen atoms in total. The summed E-state index contributed by atoms with van der Waals surface area (Å²) in [5, 5.41) is 9.51. The largest absolute Gasteiger partial charge is 0.339 e. The molecule has 1 aromatic carbocycles. The molecule has 2 aromatic rings. The zero-order chi connectivity index (χ0) is 21.7. The highest BCUT2D eigenvalue weighted by Crippen LogP contribution is 2.35. The molecule has 2 bridgehead atoms. The fourth-order valence-electron chi connectivity index (χ4n) is 4.10. The van der Waals surface area contributed by atoms with E-state index in [2.05, 4.69) is 26.1 Å². The van der Waals surface area contributed by atoms with Crippen molar-refractivity contribution in [2.24, 2.45) is 5.10 Å². The van der Waals surface area contributed by atoms with E-state index in [-0.39, 0.29) is 22.8 Å². The number of anilines is 1. The summed E-state index contributed by atoms with van der Waals surface area (Å²) < 4.78 is 27.8. The molecule has 158 valence electrons. The van der Waals surface area contributed by atoms with E-state index >= 15 is 0 Å². The SMILES string of the molecule is O=C1NN=C2C(=CC3CCC2N3C(=O)Nc2cc(Cl)c(-c3ccc(F)nc3)cc2F)N1. The second-order valence-electron chi connectivity index (χ2n) is 7.32. The second-order valence-corrected chi connectivity index (χ2v) is 7.73. The molecule has 1 fully saturated rings. The number of urea groups is 2. The summed E-state index contributed by atoms with van der Waals surface area (Å²) in [5.41, 5.74) is 4.18. The van der Waals surface area contributed by atoms with Crippen molar-refractivity contribution in [1.82, 2.24) is 20.6 Å². The fraction of sp³-hybridized carbons (Fsp3) is 0.200. The first-order valence-corrected chi connectivity index (χ1v) is 9.85. The van der Waals surface area contributed by atoms with Crippen LogP contribution in [0.4, 0.5) is 24.1 Å². The number of rotatable bonds is 2. The highest BCUT2D eigenvalue weighted by atomic mass is 35.5. The minimum Gasteiger partial charge on any atom is -0.309 e. The molecule has 5 rings (SSSR count). The Morgan fingerprint density at radius 1 is 1.26 bits per heavy atom. The molecule has 3 aliphatic heterocycles. The van der Waals surface area contributed by atoms with Crippen LogP contribution in [0.1, 0.15) is 12.8 Å². The molecule has 31 heavy (non-hydrogen) atoms. The molecule has 3 aliphatic rings. The third-order valence-corrected chi connectivity index (χ3v) is 5.79. The number of halogens is 3. The van der Waals surface area contributed by atoms with Gasteiger partial charge in [-0.1, -0.05) is 11.6 Å². The molecule has 2 atom stereocenters. The molecule has 2 unspecified atom stereocenters. The lowest BCUT2D eigenvalue weighted by Gasteiger charge is -2.36. The lowest BCUT2D eigenvalue weighted by Crippen LogP contribution is -2.55. The Hall–Kier alpha value is -3.53. The van der Waals surface area contributed by atoms with E-state index in [0.29, 0.717) is 35.4 Å². The van der Waals surface area contributed by atoms with Gasteiger partial charge in [0.15, 0.2) is 0 Å². The number of amides is 4. The minimum absolute atomic E-state index is 0.0833. The third kappa shape index (κ3) is 3.38. The smallest absolute Gasteiger partial charge is 0.309 e. The number of pyridine rings is 1. The van der Waals surface area contributed by atoms with Gasteiger partial charge in [-0.05, 0) is 43.2 Å². The maximum atomic E-state index is 14.8. The van der Waals surface area contributed by atoms with Crippen molar-refractivity contribution in [2.45, 2.75) is 24.9 Å². The predicted octanol–water partition coefficient (Wildman–Crippen LogP) is 3.61. The number of benzene rings is 1. The van der Waals surface area contributed by atoms with Gasteiger partial charge in [-0.2, -0.15) is 9.49 Å². The first-order valence-electron chi connectivity index (χ1n) is 9.48. The van der Waals surface area contributed by atoms with Crippen molar-refractivity contribution >= 4 is 35.1 Å². The van der Waals surface area contributed by atoms with Crippen LogP contribution in [0.3, 0.4) is 0 Å². The van der Waals surface area contributed by atoms with Crippen molar-refractivity contribution in [3.63, 3.8) is 0 Å². The van der Waals surface area contributed by atoms with Gasteiger partial charge in [0.2, 0.25) is 5.95 Å². The number of aromatic nitrogens is 1. The number of hydrazone groups is 1. The van der Waals surface area contributed by atoms with E-state index in [1.54, 1.807) is 11.0 Å². The average molecular weight is 445 g/mol. The molecule has 4 amide bonds. The summed E-state index contributed by atoms with van der Waals surface area (Å²) in [6.45, 7) is 0. The van der Waals surface area contributed by atoms with Crippen LogP contribution in [0.5, 0.6) is 0 Å². The zero-order valence-electron chi connectivity index (χ0n) is 15.8. The Morgan fingerprint density at radius 3 is 2.87 bits per heavy atom. The Balaban J connectivity index is 1.40. The van der Waals surface area contributed by atoms with Crippen LogP contribution >= 0.6 is 11.6 Å². The van der Waals surface area contributed by atoms with Gasteiger partial charge in [0.05, 0.1) is 28.5 Å². The van der Waals surface area contributed by atoms with E-state index < -0.39 is 23.8 Å². The van der Waals surface area contributed by atoms with Crippen LogP contribution in [0, 0.1) is 11.8 Å². The molecule has 1 saturated heterocycles. The molecular formula is C20H15ClF2N6O2. The average Bonchev–Trinajstić information content (AvgIpc) is 3.06. The van der Waals surface area contributed by atoms with E-state index in [4.69, 9.17) is 11.6 Å². The lowest BCUT2D eigenvalue weighted by atomic mass is 10.0. The third-order valence-electron chi connectivity index (χ3n) is 5.48. The molecule has 1 aromatic heterocycles. The van der Waals surface area contributed by atoms with E-state index in [9.17, 15) is 18.4 Å². The number of hydrogen-bond acceptors (Lipinski definition) is 4. The van der Waals surface area contributed by atoms with E-state index in [1.165, 1.54) is 24.4 Å². The lowest BCUT2D eigenvalue weighted by molar-refractivity contribution is 0.205. The summed E-state index contributed by atoms with van der Waals surface area (Å²) in [6, 6.07) is 3.53. The Morgan fingerprint density at radius 2 is 2.10 bits per heavy atom. The van der Waals surface area contributed by atoms with Gasteiger partial charge in [0.25, 0.3) is 0 Å². The Labute approximate surface area is 180 Å². The van der Waals surface area contributed by atoms with Gasteiger partial charge in [-0.3, -0.25) is 0 Å². The van der Waals surface area contributed by atoms with Gasteiger partial charge in [0.1, 0.15) is 11.5 Å². The number of carbonyl (C=O) groups excluding carboxylic acids is 2.